The summed E-state index contributed by atoms with van der Waals surface area (Å²) in [5, 5.41) is 0. The zero-order valence-corrected chi connectivity index (χ0v) is 14.3. The second kappa shape index (κ2) is 12.4. The van der Waals surface area contributed by atoms with Gasteiger partial charge in [0.2, 0.25) is 0 Å². The quantitative estimate of drug-likeness (QED) is 0.379. The van der Waals surface area contributed by atoms with Crippen LogP contribution in [0.4, 0.5) is 0 Å². The van der Waals surface area contributed by atoms with Crippen LogP contribution in [0.25, 0.3) is 0 Å². The highest BCUT2D eigenvalue weighted by molar-refractivity contribution is 5.03. The molecule has 0 aromatic heterocycles. The number of ether oxygens (including phenoxy) is 2. The molecule has 0 amide bonds. The van der Waals surface area contributed by atoms with Gasteiger partial charge in [0.1, 0.15) is 0 Å². The van der Waals surface area contributed by atoms with Crippen LogP contribution in [0.1, 0.15) is 58.8 Å². The highest BCUT2D eigenvalue weighted by Gasteiger charge is 2.33. The molecule has 1 fully saturated rings. The Hall–Kier alpha value is -1.12. The summed E-state index contributed by atoms with van der Waals surface area (Å²) in [6.45, 7) is 5.50. The molecule has 0 saturated heterocycles. The van der Waals surface area contributed by atoms with E-state index in [0.717, 1.165) is 25.7 Å². The summed E-state index contributed by atoms with van der Waals surface area (Å²) < 4.78 is 12.2. The van der Waals surface area contributed by atoms with Crippen molar-refractivity contribution in [2.75, 3.05) is 13.2 Å². The Morgan fingerprint density at radius 2 is 1.14 bits per heavy atom. The fourth-order valence-electron chi connectivity index (χ4n) is 2.52. The summed E-state index contributed by atoms with van der Waals surface area (Å²) in [5.41, 5.74) is 0. The maximum Gasteiger partial charge on any atom is 0.169 e. The number of rotatable bonds is 10. The summed E-state index contributed by atoms with van der Waals surface area (Å²) in [6, 6.07) is 0. The minimum atomic E-state index is -0.379. The average molecular weight is 304 g/mol. The fraction of sp³-hybridized carbons (Fsp3) is 0.600. The predicted molar refractivity (Wildman–Crippen MR) is 94.9 cm³/mol. The van der Waals surface area contributed by atoms with Gasteiger partial charge in [0, 0.05) is 12.8 Å². The number of hydrogen-bond donors (Lipinski definition) is 0. The van der Waals surface area contributed by atoms with Crippen molar-refractivity contribution in [3.8, 4) is 0 Å². The van der Waals surface area contributed by atoms with E-state index >= 15 is 0 Å². The van der Waals surface area contributed by atoms with Crippen molar-refractivity contribution >= 4 is 0 Å². The maximum absolute atomic E-state index is 6.08. The first-order valence-electron chi connectivity index (χ1n) is 8.74. The monoisotopic (exact) mass is 304 g/mol. The van der Waals surface area contributed by atoms with E-state index in [4.69, 9.17) is 9.47 Å². The van der Waals surface area contributed by atoms with Gasteiger partial charge >= 0.3 is 0 Å². The van der Waals surface area contributed by atoms with Crippen molar-refractivity contribution in [3.63, 3.8) is 0 Å². The van der Waals surface area contributed by atoms with Crippen LogP contribution in [0.3, 0.4) is 0 Å². The molecule has 0 atom stereocenters. The first kappa shape index (κ1) is 18.9. The Kier molecular flexibility index (Phi) is 10.7. The van der Waals surface area contributed by atoms with Crippen LogP contribution in [-0.2, 0) is 9.47 Å². The van der Waals surface area contributed by atoms with Crippen LogP contribution in [0.2, 0.25) is 0 Å². The standard InChI is InChI=1S/C20H32O2/c1-3-5-7-9-14-18-21-20(16-12-11-13-17-20)22-19-15-10-8-6-4-2/h5-10,14-15H,3-4,11-13,16-19H2,1-2H3. The first-order valence-corrected chi connectivity index (χ1v) is 8.74. The lowest BCUT2D eigenvalue weighted by molar-refractivity contribution is -0.241. The molecule has 0 heterocycles. The second-order valence-electron chi connectivity index (χ2n) is 5.62. The zero-order valence-electron chi connectivity index (χ0n) is 14.3. The van der Waals surface area contributed by atoms with Gasteiger partial charge in [-0.3, -0.25) is 0 Å². The van der Waals surface area contributed by atoms with Crippen LogP contribution in [0, 0.1) is 0 Å². The predicted octanol–water partition coefficient (Wildman–Crippen LogP) is 5.72. The van der Waals surface area contributed by atoms with Crippen molar-refractivity contribution in [1.29, 1.82) is 0 Å². The van der Waals surface area contributed by atoms with Gasteiger partial charge in [0.15, 0.2) is 5.79 Å². The smallest absolute Gasteiger partial charge is 0.169 e. The van der Waals surface area contributed by atoms with E-state index < -0.39 is 0 Å². The largest absolute Gasteiger partial charge is 0.346 e. The molecular formula is C20H32O2. The normalized spacial score (nSPS) is 19.2. The summed E-state index contributed by atoms with van der Waals surface area (Å²) in [5.74, 6) is -0.379. The molecule has 0 unspecified atom stereocenters. The molecule has 1 aliphatic carbocycles. The minimum Gasteiger partial charge on any atom is -0.346 e. The molecule has 124 valence electrons. The molecule has 0 aliphatic heterocycles. The Labute approximate surface area is 136 Å². The molecule has 2 nitrogen and oxygen atoms in total. The van der Waals surface area contributed by atoms with E-state index in [1.807, 2.05) is 0 Å². The molecular weight excluding hydrogens is 272 g/mol. The lowest BCUT2D eigenvalue weighted by atomic mass is 9.94. The van der Waals surface area contributed by atoms with Gasteiger partial charge in [-0.2, -0.15) is 0 Å². The summed E-state index contributed by atoms with van der Waals surface area (Å²) in [4.78, 5) is 0. The number of hydrogen-bond acceptors (Lipinski definition) is 2. The molecule has 2 heteroatoms. The first-order chi connectivity index (χ1) is 10.8. The van der Waals surface area contributed by atoms with E-state index in [1.54, 1.807) is 0 Å². The van der Waals surface area contributed by atoms with Gasteiger partial charge in [-0.25, -0.2) is 0 Å². The van der Waals surface area contributed by atoms with Crippen LogP contribution < -0.4 is 0 Å². The molecule has 0 radical (unpaired) electrons. The maximum atomic E-state index is 6.08. The van der Waals surface area contributed by atoms with E-state index in [1.165, 1.54) is 19.3 Å². The lowest BCUT2D eigenvalue weighted by Crippen LogP contribution is -2.38. The van der Waals surface area contributed by atoms with Gasteiger partial charge in [0.25, 0.3) is 0 Å². The molecule has 1 saturated carbocycles. The highest BCUT2D eigenvalue weighted by atomic mass is 16.7. The molecule has 0 aromatic carbocycles. The van der Waals surface area contributed by atoms with Crippen molar-refractivity contribution < 1.29 is 9.47 Å². The van der Waals surface area contributed by atoms with E-state index in [2.05, 4.69) is 62.5 Å². The van der Waals surface area contributed by atoms with Crippen LogP contribution in [-0.4, -0.2) is 19.0 Å². The zero-order chi connectivity index (χ0) is 15.9. The van der Waals surface area contributed by atoms with Crippen LogP contribution in [0.15, 0.2) is 48.6 Å². The van der Waals surface area contributed by atoms with Gasteiger partial charge < -0.3 is 9.47 Å². The molecule has 1 rings (SSSR count). The van der Waals surface area contributed by atoms with E-state index in [0.29, 0.717) is 13.2 Å². The molecule has 0 N–H and O–H groups in total. The molecule has 1 aliphatic rings. The third kappa shape index (κ3) is 8.35. The Morgan fingerprint density at radius 3 is 1.59 bits per heavy atom. The third-order valence-corrected chi connectivity index (χ3v) is 3.74. The Balaban J connectivity index is 2.40. The highest BCUT2D eigenvalue weighted by Crippen LogP contribution is 2.32. The third-order valence-electron chi connectivity index (χ3n) is 3.74. The Morgan fingerprint density at radius 1 is 0.682 bits per heavy atom. The summed E-state index contributed by atoms with van der Waals surface area (Å²) >= 11 is 0. The van der Waals surface area contributed by atoms with Crippen LogP contribution >= 0.6 is 0 Å². The van der Waals surface area contributed by atoms with Crippen molar-refractivity contribution in [2.45, 2.75) is 64.6 Å². The summed E-state index contributed by atoms with van der Waals surface area (Å²) in [6.07, 6.45) is 24.5. The SMILES string of the molecule is CCC=CC=CCOC1(OCC=CC=CCC)CCCCC1. The topological polar surface area (TPSA) is 18.5 Å². The summed E-state index contributed by atoms with van der Waals surface area (Å²) in [7, 11) is 0. The van der Waals surface area contributed by atoms with Crippen molar-refractivity contribution in [3.05, 3.63) is 48.6 Å². The number of allylic oxidation sites excluding steroid dienone is 6. The molecule has 0 bridgehead atoms. The molecule has 0 aromatic rings. The van der Waals surface area contributed by atoms with Crippen LogP contribution in [0.5, 0.6) is 0 Å². The second-order valence-corrected chi connectivity index (χ2v) is 5.62. The van der Waals surface area contributed by atoms with Gasteiger partial charge in [0.05, 0.1) is 13.2 Å². The van der Waals surface area contributed by atoms with Crippen molar-refractivity contribution in [2.24, 2.45) is 0 Å². The van der Waals surface area contributed by atoms with E-state index in [9.17, 15) is 0 Å². The van der Waals surface area contributed by atoms with Gasteiger partial charge in [-0.15, -0.1) is 0 Å². The van der Waals surface area contributed by atoms with Gasteiger partial charge in [-0.05, 0) is 25.7 Å². The lowest BCUT2D eigenvalue weighted by Gasteiger charge is -2.36. The average Bonchev–Trinajstić information content (AvgIpc) is 2.55. The van der Waals surface area contributed by atoms with E-state index in [-0.39, 0.29) is 5.79 Å². The Bertz CT molecular complexity index is 341. The van der Waals surface area contributed by atoms with Crippen molar-refractivity contribution in [1.82, 2.24) is 0 Å². The minimum absolute atomic E-state index is 0.379. The molecule has 22 heavy (non-hydrogen) atoms. The van der Waals surface area contributed by atoms with Gasteiger partial charge in [-0.1, -0.05) is 68.9 Å². The fourth-order valence-corrected chi connectivity index (χ4v) is 2.52. The molecule has 0 spiro atoms.